The molecule has 4 rings (SSSR count). The van der Waals surface area contributed by atoms with Crippen LogP contribution in [-0.4, -0.2) is 42.0 Å². The van der Waals surface area contributed by atoms with Gasteiger partial charge in [0, 0.05) is 25.9 Å². The molecule has 0 radical (unpaired) electrons. The molecule has 0 atom stereocenters. The minimum atomic E-state index is -0.604. The molecule has 0 saturated heterocycles. The molecule has 0 bridgehead atoms. The van der Waals surface area contributed by atoms with Crippen molar-refractivity contribution in [3.05, 3.63) is 36.3 Å². The smallest absolute Gasteiger partial charge is 0.191 e. The molecule has 4 heterocycles. The number of hydrogen-bond donors (Lipinski definition) is 2. The third-order valence-corrected chi connectivity index (χ3v) is 3.67. The summed E-state index contributed by atoms with van der Waals surface area (Å²) in [5.41, 5.74) is 1.24. The van der Waals surface area contributed by atoms with E-state index < -0.39 is 11.6 Å². The van der Waals surface area contributed by atoms with Crippen molar-refractivity contribution in [2.45, 2.75) is 0 Å². The number of hydrogen-bond acceptors (Lipinski definition) is 6. The Morgan fingerprint density at radius 1 is 1.20 bits per heavy atom. The maximum absolute atomic E-state index is 14.6. The number of H-pyrrole nitrogens is 1. The molecule has 0 spiro atoms. The van der Waals surface area contributed by atoms with Gasteiger partial charge in [0.1, 0.15) is 17.2 Å². The van der Waals surface area contributed by atoms with Gasteiger partial charge in [0.15, 0.2) is 23.1 Å². The van der Waals surface area contributed by atoms with Crippen LogP contribution in [0.15, 0.2) is 24.7 Å². The molecule has 2 N–H and O–H groups in total. The van der Waals surface area contributed by atoms with E-state index in [1.807, 2.05) is 0 Å². The second-order valence-electron chi connectivity index (χ2n) is 5.33. The molecule has 0 fully saturated rings. The van der Waals surface area contributed by atoms with Gasteiger partial charge in [0.05, 0.1) is 17.8 Å². The predicted octanol–water partition coefficient (Wildman–Crippen LogP) is 2.14. The Morgan fingerprint density at radius 2 is 2.04 bits per heavy atom. The van der Waals surface area contributed by atoms with Gasteiger partial charge in [0.2, 0.25) is 0 Å². The second kappa shape index (κ2) is 5.58. The lowest BCUT2D eigenvalue weighted by atomic mass is 10.2. The molecule has 4 aromatic heterocycles. The standard InChI is InChI=1S/C15H12F2N8/c1-18-14-10(17)11(7-4-20-25(2)6-7)21-15(22-14)12-9-3-8(16)5-19-13(9)24-23-12/h3-6H,1-2H3,(H,18,21,22)(H,19,23,24). The number of nitrogens with zero attached hydrogens (tertiary/aromatic N) is 6. The summed E-state index contributed by atoms with van der Waals surface area (Å²) < 4.78 is 29.7. The van der Waals surface area contributed by atoms with Crippen molar-refractivity contribution in [2.75, 3.05) is 12.4 Å². The van der Waals surface area contributed by atoms with Crippen LogP contribution in [0, 0.1) is 11.6 Å². The lowest BCUT2D eigenvalue weighted by molar-refractivity contribution is 0.622. The molecular weight excluding hydrogens is 330 g/mol. The number of rotatable bonds is 3. The Morgan fingerprint density at radius 3 is 2.76 bits per heavy atom. The lowest BCUT2D eigenvalue weighted by Crippen LogP contribution is -2.04. The molecular formula is C15H12F2N8. The Bertz CT molecular complexity index is 1080. The maximum atomic E-state index is 14.6. The summed E-state index contributed by atoms with van der Waals surface area (Å²) in [4.78, 5) is 12.3. The highest BCUT2D eigenvalue weighted by atomic mass is 19.1. The second-order valence-corrected chi connectivity index (χ2v) is 5.33. The van der Waals surface area contributed by atoms with Crippen molar-refractivity contribution >= 4 is 16.9 Å². The van der Waals surface area contributed by atoms with Crippen LogP contribution >= 0.6 is 0 Å². The van der Waals surface area contributed by atoms with Gasteiger partial charge in [-0.25, -0.2) is 23.7 Å². The topological polar surface area (TPSA) is 97.2 Å². The molecule has 0 unspecified atom stereocenters. The molecule has 0 saturated carbocycles. The van der Waals surface area contributed by atoms with Gasteiger partial charge in [-0.05, 0) is 6.07 Å². The van der Waals surface area contributed by atoms with Crippen molar-refractivity contribution < 1.29 is 8.78 Å². The summed E-state index contributed by atoms with van der Waals surface area (Å²) >= 11 is 0. The van der Waals surface area contributed by atoms with Gasteiger partial charge < -0.3 is 5.32 Å². The monoisotopic (exact) mass is 342 g/mol. The van der Waals surface area contributed by atoms with Crippen molar-refractivity contribution in [1.82, 2.24) is 34.9 Å². The highest BCUT2D eigenvalue weighted by molar-refractivity contribution is 5.89. The fourth-order valence-corrected chi connectivity index (χ4v) is 2.50. The highest BCUT2D eigenvalue weighted by Crippen LogP contribution is 2.29. The molecule has 25 heavy (non-hydrogen) atoms. The van der Waals surface area contributed by atoms with Gasteiger partial charge >= 0.3 is 0 Å². The van der Waals surface area contributed by atoms with E-state index in [0.717, 1.165) is 6.20 Å². The van der Waals surface area contributed by atoms with Crippen LogP contribution in [0.3, 0.4) is 0 Å². The first-order valence-corrected chi connectivity index (χ1v) is 7.31. The van der Waals surface area contributed by atoms with Gasteiger partial charge in [-0.3, -0.25) is 9.78 Å². The molecule has 4 aromatic rings. The van der Waals surface area contributed by atoms with Crippen molar-refractivity contribution in [3.63, 3.8) is 0 Å². The Kier molecular flexibility index (Phi) is 3.38. The summed E-state index contributed by atoms with van der Waals surface area (Å²) in [7, 11) is 3.27. The molecule has 0 aliphatic rings. The lowest BCUT2D eigenvalue weighted by Gasteiger charge is -2.08. The summed E-state index contributed by atoms with van der Waals surface area (Å²) in [5, 5.41) is 13.9. The molecule has 126 valence electrons. The number of pyridine rings is 1. The largest absolute Gasteiger partial charge is 0.371 e. The summed E-state index contributed by atoms with van der Waals surface area (Å²) in [6.07, 6.45) is 4.21. The molecule has 0 aromatic carbocycles. The SMILES string of the molecule is CNc1nc(-c2[nH]nc3ncc(F)cc23)nc(-c2cnn(C)c2)c1F. The Balaban J connectivity index is 1.96. The number of aromatic amines is 1. The molecule has 0 aliphatic carbocycles. The fourth-order valence-electron chi connectivity index (χ4n) is 2.50. The first kappa shape index (κ1) is 15.1. The van der Waals surface area contributed by atoms with E-state index in [-0.39, 0.29) is 17.3 Å². The minimum Gasteiger partial charge on any atom is -0.371 e. The van der Waals surface area contributed by atoms with Crippen molar-refractivity contribution in [1.29, 1.82) is 0 Å². The van der Waals surface area contributed by atoms with E-state index in [1.165, 1.54) is 12.3 Å². The number of halogens is 2. The van der Waals surface area contributed by atoms with Gasteiger partial charge in [-0.15, -0.1) is 0 Å². The first-order chi connectivity index (χ1) is 12.1. The normalized spacial score (nSPS) is 11.2. The average molecular weight is 342 g/mol. The Labute approximate surface area is 140 Å². The summed E-state index contributed by atoms with van der Waals surface area (Å²) in [5.74, 6) is -0.943. The third kappa shape index (κ3) is 2.47. The first-order valence-electron chi connectivity index (χ1n) is 7.31. The summed E-state index contributed by atoms with van der Waals surface area (Å²) in [6.45, 7) is 0. The average Bonchev–Trinajstić information content (AvgIpc) is 3.21. The van der Waals surface area contributed by atoms with E-state index in [4.69, 9.17) is 0 Å². The quantitative estimate of drug-likeness (QED) is 0.592. The van der Waals surface area contributed by atoms with Crippen LogP contribution < -0.4 is 5.32 Å². The van der Waals surface area contributed by atoms with Crippen LogP contribution in [0.2, 0.25) is 0 Å². The molecule has 0 aliphatic heterocycles. The van der Waals surface area contributed by atoms with Crippen LogP contribution in [0.4, 0.5) is 14.6 Å². The fraction of sp³-hybridized carbons (Fsp3) is 0.133. The zero-order chi connectivity index (χ0) is 17.6. The van der Waals surface area contributed by atoms with Crippen LogP contribution in [0.1, 0.15) is 0 Å². The molecule has 0 amide bonds. The number of nitrogens with one attached hydrogen (secondary N) is 2. The van der Waals surface area contributed by atoms with E-state index >= 15 is 0 Å². The van der Waals surface area contributed by atoms with Gasteiger partial charge in [-0.1, -0.05) is 0 Å². The minimum absolute atomic E-state index is 0.0102. The predicted molar refractivity (Wildman–Crippen MR) is 86.6 cm³/mol. The van der Waals surface area contributed by atoms with E-state index in [0.29, 0.717) is 22.3 Å². The van der Waals surface area contributed by atoms with Crippen molar-refractivity contribution in [3.8, 4) is 22.8 Å². The van der Waals surface area contributed by atoms with E-state index in [1.54, 1.807) is 25.0 Å². The number of anilines is 1. The highest BCUT2D eigenvalue weighted by Gasteiger charge is 2.20. The third-order valence-electron chi connectivity index (χ3n) is 3.67. The zero-order valence-electron chi connectivity index (χ0n) is 13.2. The van der Waals surface area contributed by atoms with Crippen LogP contribution in [-0.2, 0) is 7.05 Å². The molecule has 8 nitrogen and oxygen atoms in total. The number of aromatic nitrogens is 7. The number of aryl methyl sites for hydroxylation is 1. The van der Waals surface area contributed by atoms with Gasteiger partial charge in [-0.2, -0.15) is 10.2 Å². The number of fused-ring (bicyclic) bond motifs is 1. The summed E-state index contributed by atoms with van der Waals surface area (Å²) in [6, 6.07) is 1.27. The van der Waals surface area contributed by atoms with Crippen LogP contribution in [0.5, 0.6) is 0 Å². The van der Waals surface area contributed by atoms with E-state index in [2.05, 4.69) is 35.6 Å². The van der Waals surface area contributed by atoms with Gasteiger partial charge in [0.25, 0.3) is 0 Å². The van der Waals surface area contributed by atoms with Crippen LogP contribution in [0.25, 0.3) is 33.8 Å². The molecule has 10 heteroatoms. The maximum Gasteiger partial charge on any atom is 0.191 e. The zero-order valence-corrected chi connectivity index (χ0v) is 13.2. The van der Waals surface area contributed by atoms with E-state index in [9.17, 15) is 8.78 Å². The van der Waals surface area contributed by atoms with Crippen molar-refractivity contribution in [2.24, 2.45) is 7.05 Å². The Hall–Kier alpha value is -3.43.